The topological polar surface area (TPSA) is 144 Å². The van der Waals surface area contributed by atoms with Crippen LogP contribution in [-0.2, 0) is 9.63 Å². The Morgan fingerprint density at radius 1 is 1.19 bits per heavy atom. The lowest BCUT2D eigenvalue weighted by atomic mass is 9.94. The first-order chi connectivity index (χ1) is 15.5. The molecule has 11 nitrogen and oxygen atoms in total. The molecule has 0 aliphatic carbocycles. The molecular weight excluding hydrogens is 414 g/mol. The molecule has 3 N–H and O–H groups in total. The van der Waals surface area contributed by atoms with Crippen LogP contribution in [0.25, 0.3) is 0 Å². The van der Waals surface area contributed by atoms with Gasteiger partial charge in [0.2, 0.25) is 11.9 Å². The number of anilines is 1. The summed E-state index contributed by atoms with van der Waals surface area (Å²) in [6.45, 7) is 1.57. The van der Waals surface area contributed by atoms with Gasteiger partial charge in [-0.3, -0.25) is 24.2 Å². The number of carbonyl (C=O) groups is 3. The second-order valence-corrected chi connectivity index (χ2v) is 7.76. The highest BCUT2D eigenvalue weighted by Crippen LogP contribution is 2.33. The van der Waals surface area contributed by atoms with E-state index in [-0.39, 0.29) is 29.5 Å². The molecule has 1 atom stereocenters. The third-order valence-electron chi connectivity index (χ3n) is 5.78. The summed E-state index contributed by atoms with van der Waals surface area (Å²) in [6.07, 6.45) is 6.51. The van der Waals surface area contributed by atoms with E-state index in [1.807, 2.05) is 4.90 Å². The summed E-state index contributed by atoms with van der Waals surface area (Å²) in [6, 6.07) is 2.94. The highest BCUT2D eigenvalue weighted by Gasteiger charge is 2.37. The predicted molar refractivity (Wildman–Crippen MR) is 113 cm³/mol. The van der Waals surface area contributed by atoms with Gasteiger partial charge < -0.3 is 16.0 Å². The van der Waals surface area contributed by atoms with Gasteiger partial charge in [0.15, 0.2) is 0 Å². The summed E-state index contributed by atoms with van der Waals surface area (Å²) >= 11 is 0. The zero-order valence-electron chi connectivity index (χ0n) is 17.7. The second kappa shape index (κ2) is 9.27. The van der Waals surface area contributed by atoms with Crippen LogP contribution < -0.4 is 16.0 Å². The van der Waals surface area contributed by atoms with Crippen LogP contribution in [0.1, 0.15) is 51.7 Å². The average molecular weight is 439 g/mol. The largest absolute Gasteiger partial charge is 0.364 e. The van der Waals surface area contributed by atoms with Gasteiger partial charge in [-0.2, -0.15) is 0 Å². The van der Waals surface area contributed by atoms with Gasteiger partial charge in [-0.25, -0.2) is 15.0 Å². The number of amides is 3. The summed E-state index contributed by atoms with van der Waals surface area (Å²) in [4.78, 5) is 56.8. The maximum atomic E-state index is 13.2. The minimum atomic E-state index is -0.606. The Morgan fingerprint density at radius 3 is 2.69 bits per heavy atom. The van der Waals surface area contributed by atoms with Crippen LogP contribution in [0.15, 0.2) is 30.7 Å². The lowest BCUT2D eigenvalue weighted by Gasteiger charge is -2.34. The Balaban J connectivity index is 1.42. The number of carbonyl (C=O) groups excluding carboxylic acids is 3. The minimum absolute atomic E-state index is 0.0794. The molecule has 0 radical (unpaired) electrons. The molecule has 2 aliphatic heterocycles. The van der Waals surface area contributed by atoms with E-state index in [1.54, 1.807) is 19.3 Å². The predicted octanol–water partition coefficient (Wildman–Crippen LogP) is 0.452. The van der Waals surface area contributed by atoms with E-state index < -0.39 is 5.91 Å². The molecular formula is C21H25N7O4. The van der Waals surface area contributed by atoms with E-state index in [4.69, 9.17) is 10.6 Å². The van der Waals surface area contributed by atoms with Gasteiger partial charge in [0.05, 0.1) is 18.2 Å². The molecule has 168 valence electrons. The summed E-state index contributed by atoms with van der Waals surface area (Å²) < 4.78 is 0. The SMILES string of the molecule is CNC(=O)c1cncc(C2CCON2C(=O)C2CCN(c3nccc(C(N)=O)n3)CC2)c1. The fourth-order valence-electron chi connectivity index (χ4n) is 4.04. The van der Waals surface area contributed by atoms with Crippen molar-refractivity contribution in [1.29, 1.82) is 0 Å². The number of nitrogens with two attached hydrogens (primary N) is 1. The quantitative estimate of drug-likeness (QED) is 0.683. The summed E-state index contributed by atoms with van der Waals surface area (Å²) in [7, 11) is 1.56. The fraction of sp³-hybridized carbons (Fsp3) is 0.429. The van der Waals surface area contributed by atoms with Gasteiger partial charge in [0, 0.05) is 51.1 Å². The van der Waals surface area contributed by atoms with E-state index in [1.165, 1.54) is 23.5 Å². The number of piperidine rings is 1. The van der Waals surface area contributed by atoms with Gasteiger partial charge in [-0.1, -0.05) is 0 Å². The fourth-order valence-corrected chi connectivity index (χ4v) is 4.04. The molecule has 2 saturated heterocycles. The van der Waals surface area contributed by atoms with Crippen molar-refractivity contribution < 1.29 is 19.2 Å². The van der Waals surface area contributed by atoms with Crippen molar-refractivity contribution in [1.82, 2.24) is 25.3 Å². The summed E-state index contributed by atoms with van der Waals surface area (Å²) in [5.74, 6) is -0.692. The summed E-state index contributed by atoms with van der Waals surface area (Å²) in [5.41, 5.74) is 6.67. The highest BCUT2D eigenvalue weighted by molar-refractivity contribution is 5.93. The smallest absolute Gasteiger partial charge is 0.267 e. The maximum Gasteiger partial charge on any atom is 0.267 e. The average Bonchev–Trinajstić information content (AvgIpc) is 3.33. The van der Waals surface area contributed by atoms with Crippen LogP contribution >= 0.6 is 0 Å². The third kappa shape index (κ3) is 4.37. The van der Waals surface area contributed by atoms with Crippen LogP contribution in [0.2, 0.25) is 0 Å². The van der Waals surface area contributed by atoms with Crippen LogP contribution in [0.4, 0.5) is 5.95 Å². The number of pyridine rings is 1. The Hall–Kier alpha value is -3.60. The van der Waals surface area contributed by atoms with Crippen LogP contribution in [0.3, 0.4) is 0 Å². The molecule has 2 fully saturated rings. The molecule has 32 heavy (non-hydrogen) atoms. The first-order valence-electron chi connectivity index (χ1n) is 10.5. The monoisotopic (exact) mass is 439 g/mol. The van der Waals surface area contributed by atoms with Gasteiger partial charge in [0.1, 0.15) is 5.69 Å². The molecule has 2 aromatic rings. The van der Waals surface area contributed by atoms with Crippen molar-refractivity contribution >= 4 is 23.7 Å². The molecule has 3 amide bonds. The van der Waals surface area contributed by atoms with Crippen LogP contribution in [0.5, 0.6) is 0 Å². The summed E-state index contributed by atoms with van der Waals surface area (Å²) in [5, 5.41) is 4.02. The maximum absolute atomic E-state index is 13.2. The van der Waals surface area contributed by atoms with Crippen molar-refractivity contribution in [2.45, 2.75) is 25.3 Å². The second-order valence-electron chi connectivity index (χ2n) is 7.76. The van der Waals surface area contributed by atoms with Gasteiger partial charge in [0.25, 0.3) is 11.8 Å². The Morgan fingerprint density at radius 2 is 1.97 bits per heavy atom. The minimum Gasteiger partial charge on any atom is -0.364 e. The number of hydroxylamine groups is 2. The van der Waals surface area contributed by atoms with Crippen LogP contribution in [0, 0.1) is 5.92 Å². The molecule has 0 spiro atoms. The number of hydrogen-bond donors (Lipinski definition) is 2. The zero-order valence-corrected chi connectivity index (χ0v) is 17.7. The number of nitrogens with zero attached hydrogens (tertiary/aromatic N) is 5. The van der Waals surface area contributed by atoms with Gasteiger partial charge in [-0.15, -0.1) is 0 Å². The van der Waals surface area contributed by atoms with Crippen molar-refractivity contribution in [3.05, 3.63) is 47.5 Å². The highest BCUT2D eigenvalue weighted by atomic mass is 16.7. The molecule has 0 saturated carbocycles. The van der Waals surface area contributed by atoms with Gasteiger partial charge >= 0.3 is 0 Å². The molecule has 0 aromatic carbocycles. The van der Waals surface area contributed by atoms with E-state index in [2.05, 4.69) is 20.3 Å². The number of primary amides is 1. The molecule has 2 aromatic heterocycles. The van der Waals surface area contributed by atoms with Crippen LogP contribution in [-0.4, -0.2) is 64.5 Å². The first kappa shape index (κ1) is 21.6. The number of rotatable bonds is 5. The normalized spacial score (nSPS) is 19.1. The lowest BCUT2D eigenvalue weighted by molar-refractivity contribution is -0.182. The molecule has 4 heterocycles. The van der Waals surface area contributed by atoms with E-state index >= 15 is 0 Å². The Labute approximate surface area is 184 Å². The third-order valence-corrected chi connectivity index (χ3v) is 5.78. The van der Waals surface area contributed by atoms with Crippen molar-refractivity contribution in [2.75, 3.05) is 31.6 Å². The van der Waals surface area contributed by atoms with Crippen molar-refractivity contribution in [3.63, 3.8) is 0 Å². The molecule has 2 aliphatic rings. The number of nitrogens with one attached hydrogen (secondary N) is 1. The number of aromatic nitrogens is 3. The van der Waals surface area contributed by atoms with Crippen molar-refractivity contribution in [3.8, 4) is 0 Å². The molecule has 4 rings (SSSR count). The zero-order chi connectivity index (χ0) is 22.7. The standard InChI is InChI=1S/C21H25N7O4/c1-23-19(30)15-10-14(11-24-12-15)17-5-9-32-28(17)20(31)13-3-7-27(8-4-13)21-25-6-2-16(26-21)18(22)29/h2,6,10-13,17H,3-5,7-9H2,1H3,(H2,22,29)(H,23,30). The van der Waals surface area contributed by atoms with Gasteiger partial charge in [-0.05, 0) is 30.5 Å². The molecule has 1 unspecified atom stereocenters. The molecule has 0 bridgehead atoms. The number of hydrogen-bond acceptors (Lipinski definition) is 8. The van der Waals surface area contributed by atoms with Crippen molar-refractivity contribution in [2.24, 2.45) is 11.7 Å². The lowest BCUT2D eigenvalue weighted by Crippen LogP contribution is -2.42. The van der Waals surface area contributed by atoms with E-state index in [0.29, 0.717) is 50.5 Å². The first-order valence-corrected chi connectivity index (χ1v) is 10.5. The Bertz CT molecular complexity index is 1020. The van der Waals surface area contributed by atoms with E-state index in [9.17, 15) is 14.4 Å². The molecule has 11 heteroatoms. The van der Waals surface area contributed by atoms with E-state index in [0.717, 1.165) is 5.56 Å². The Kier molecular flexibility index (Phi) is 6.26.